The van der Waals surface area contributed by atoms with Gasteiger partial charge in [-0.1, -0.05) is 156 Å². The van der Waals surface area contributed by atoms with Gasteiger partial charge in [0, 0.05) is 43.6 Å². The van der Waals surface area contributed by atoms with Gasteiger partial charge in [0.2, 0.25) is 0 Å². The number of hydrogen-bond donors (Lipinski definition) is 0. The normalized spacial score (nSPS) is 12.5. The van der Waals surface area contributed by atoms with Gasteiger partial charge in [0.15, 0.2) is 0 Å². The molecule has 6 nitrogen and oxygen atoms in total. The fourth-order valence-corrected chi connectivity index (χ4v) is 16.0. The molecule has 0 unspecified atom stereocenters. The SMILES string of the molecule is CC(C)(C)c1ccc2c(c1)c1cc(C(C)(C)C)ccc1n2[Si](c1ccc(-c2cc(C#N)cc(C#N)c2)cc1)(c1ccc(-c2cc(C#N)cc(C#N)c2)cc1)n1c2ccc(C(C)(C)C)cc2c2cc(C(C)(C)C)ccc21. The Morgan fingerprint density at radius 3 is 0.747 bits per heavy atom. The molecule has 0 saturated carbocycles. The van der Waals surface area contributed by atoms with Crippen molar-refractivity contribution in [3.8, 4) is 46.5 Å². The number of benzene rings is 8. The van der Waals surface area contributed by atoms with Crippen molar-refractivity contribution >= 4 is 62.4 Å². The van der Waals surface area contributed by atoms with Crippen molar-refractivity contribution in [2.45, 2.75) is 105 Å². The molecule has 7 heteroatoms. The Bertz CT molecular complexity index is 3650. The summed E-state index contributed by atoms with van der Waals surface area (Å²) in [5.74, 6) is 0. The van der Waals surface area contributed by atoms with Crippen LogP contribution in [-0.4, -0.2) is 16.9 Å². The number of nitriles is 4. The van der Waals surface area contributed by atoms with Gasteiger partial charge >= 0.3 is 8.40 Å². The molecule has 368 valence electrons. The highest BCUT2D eigenvalue weighted by atomic mass is 28.3. The molecule has 10 aromatic rings. The minimum absolute atomic E-state index is 0.116. The maximum Gasteiger partial charge on any atom is 0.340 e. The molecular weight excluding hydrogens is 929 g/mol. The van der Waals surface area contributed by atoms with E-state index in [1.54, 1.807) is 12.1 Å². The van der Waals surface area contributed by atoms with Crippen molar-refractivity contribution in [3.05, 3.63) is 202 Å². The largest absolute Gasteiger partial charge is 0.342 e. The lowest BCUT2D eigenvalue weighted by molar-refractivity contribution is 0.590. The second-order valence-electron chi connectivity index (χ2n) is 24.5. The topological polar surface area (TPSA) is 105 Å². The van der Waals surface area contributed by atoms with Crippen molar-refractivity contribution in [1.82, 2.24) is 8.47 Å². The van der Waals surface area contributed by atoms with Crippen LogP contribution in [0.1, 0.15) is 128 Å². The molecule has 8 aromatic carbocycles. The third kappa shape index (κ3) is 8.59. The van der Waals surface area contributed by atoms with E-state index in [9.17, 15) is 21.0 Å². The highest BCUT2D eigenvalue weighted by molar-refractivity contribution is 7.01. The van der Waals surface area contributed by atoms with Crippen LogP contribution >= 0.6 is 0 Å². The van der Waals surface area contributed by atoms with E-state index in [0.29, 0.717) is 22.3 Å². The molecule has 10 rings (SSSR count). The Balaban J connectivity index is 1.45. The molecule has 0 fully saturated rings. The number of hydrogen-bond acceptors (Lipinski definition) is 4. The average molecular weight is 991 g/mol. The molecule has 75 heavy (non-hydrogen) atoms. The van der Waals surface area contributed by atoms with E-state index in [2.05, 4.69) is 237 Å². The van der Waals surface area contributed by atoms with Crippen molar-refractivity contribution in [2.24, 2.45) is 0 Å². The molecule has 2 aromatic heterocycles. The predicted octanol–water partition coefficient (Wildman–Crippen LogP) is 15.6. The van der Waals surface area contributed by atoms with Crippen LogP contribution in [0.2, 0.25) is 0 Å². The van der Waals surface area contributed by atoms with Gasteiger partial charge < -0.3 is 8.47 Å². The van der Waals surface area contributed by atoms with Crippen LogP contribution in [0, 0.1) is 45.3 Å². The van der Waals surface area contributed by atoms with Gasteiger partial charge in [-0.15, -0.1) is 0 Å². The van der Waals surface area contributed by atoms with Crippen molar-refractivity contribution < 1.29 is 0 Å². The van der Waals surface area contributed by atoms with Crippen LogP contribution in [0.3, 0.4) is 0 Å². The molecule has 0 aliphatic heterocycles. The van der Waals surface area contributed by atoms with Gasteiger partial charge in [-0.3, -0.25) is 0 Å². The van der Waals surface area contributed by atoms with E-state index in [-0.39, 0.29) is 21.7 Å². The Morgan fingerprint density at radius 2 is 0.533 bits per heavy atom. The minimum Gasteiger partial charge on any atom is -0.342 e. The lowest BCUT2D eigenvalue weighted by atomic mass is 9.85. The monoisotopic (exact) mass is 990 g/mol. The molecule has 0 atom stereocenters. The molecule has 0 amide bonds. The zero-order chi connectivity index (χ0) is 53.6. The molecule has 0 N–H and O–H groups in total. The first-order chi connectivity index (χ1) is 35.5. The third-order valence-electron chi connectivity index (χ3n) is 15.3. The summed E-state index contributed by atoms with van der Waals surface area (Å²) in [6.45, 7) is 27.4. The molecule has 0 saturated heterocycles. The summed E-state index contributed by atoms with van der Waals surface area (Å²) < 4.78 is 5.42. The Morgan fingerprint density at radius 1 is 0.293 bits per heavy atom. The summed E-state index contributed by atoms with van der Waals surface area (Å²) in [7, 11) is -3.80. The number of nitrogens with zero attached hydrogens (tertiary/aromatic N) is 6. The zero-order valence-electron chi connectivity index (χ0n) is 45.2. The summed E-state index contributed by atoms with van der Waals surface area (Å²) in [5.41, 5.74) is 14.2. The number of fused-ring (bicyclic) bond motifs is 6. The van der Waals surface area contributed by atoms with E-state index in [1.807, 2.05) is 24.3 Å². The van der Waals surface area contributed by atoms with Crippen LogP contribution in [0.4, 0.5) is 0 Å². The zero-order valence-corrected chi connectivity index (χ0v) is 46.2. The molecule has 0 radical (unpaired) electrons. The first-order valence-corrected chi connectivity index (χ1v) is 27.7. The van der Waals surface area contributed by atoms with Crippen LogP contribution in [0.15, 0.2) is 158 Å². The Hall–Kier alpha value is -8.46. The van der Waals surface area contributed by atoms with E-state index in [4.69, 9.17) is 0 Å². The highest BCUT2D eigenvalue weighted by Crippen LogP contribution is 2.43. The van der Waals surface area contributed by atoms with Crippen LogP contribution in [-0.2, 0) is 21.7 Å². The van der Waals surface area contributed by atoms with Crippen molar-refractivity contribution in [1.29, 1.82) is 21.0 Å². The summed E-state index contributed by atoms with van der Waals surface area (Å²) in [6.07, 6.45) is 0. The second-order valence-corrected chi connectivity index (χ2v) is 27.9. The van der Waals surface area contributed by atoms with Crippen LogP contribution < -0.4 is 10.4 Å². The second kappa shape index (κ2) is 17.9. The molecule has 0 aliphatic carbocycles. The van der Waals surface area contributed by atoms with Gasteiger partial charge in [-0.25, -0.2) is 0 Å². The summed E-state index contributed by atoms with van der Waals surface area (Å²) in [5, 5.41) is 47.3. The average Bonchev–Trinajstić information content (AvgIpc) is 3.93. The molecule has 2 heterocycles. The molecule has 0 bridgehead atoms. The summed E-state index contributed by atoms with van der Waals surface area (Å²) in [6, 6.07) is 65.9. The van der Waals surface area contributed by atoms with Crippen LogP contribution in [0.5, 0.6) is 0 Å². The van der Waals surface area contributed by atoms with E-state index < -0.39 is 8.40 Å². The smallest absolute Gasteiger partial charge is 0.340 e. The van der Waals surface area contributed by atoms with Gasteiger partial charge in [0.05, 0.1) is 46.5 Å². The Labute approximate surface area is 443 Å². The van der Waals surface area contributed by atoms with Gasteiger partial charge in [0.1, 0.15) is 0 Å². The quantitative estimate of drug-likeness (QED) is 0.155. The summed E-state index contributed by atoms with van der Waals surface area (Å²) in [4.78, 5) is 0. The lowest BCUT2D eigenvalue weighted by Crippen LogP contribution is -2.69. The first kappa shape index (κ1) is 50.1. The number of rotatable bonds is 6. The minimum atomic E-state index is -3.80. The fraction of sp³-hybridized carbons (Fsp3) is 0.235. The van der Waals surface area contributed by atoms with E-state index in [0.717, 1.165) is 54.7 Å². The van der Waals surface area contributed by atoms with Gasteiger partial charge in [0.25, 0.3) is 0 Å². The molecule has 0 aliphatic rings. The van der Waals surface area contributed by atoms with Gasteiger partial charge in [-0.2, -0.15) is 21.0 Å². The number of aromatic nitrogens is 2. The van der Waals surface area contributed by atoms with Crippen molar-refractivity contribution in [2.75, 3.05) is 0 Å². The third-order valence-corrected chi connectivity index (χ3v) is 19.8. The Kier molecular flexibility index (Phi) is 11.9. The lowest BCUT2D eigenvalue weighted by Gasteiger charge is -2.38. The van der Waals surface area contributed by atoms with Crippen LogP contribution in [0.25, 0.3) is 65.9 Å². The standard InChI is InChI=1S/C68H62N6Si/c1-65(2,3)51-17-25-61-57(35-51)58-36-52(66(4,5)6)18-26-62(58)73(61)75(55-21-13-47(14-22-55)49-31-43(39-69)29-44(32-49)40-70,56-23-15-48(16-24-56)50-33-45(41-71)30-46(34-50)42-72)74-63-27-19-53(67(7,8)9)37-59(63)60-38-54(68(10,11)12)20-28-64(60)74/h13-38H,1-12H3. The maximum absolute atomic E-state index is 10.1. The molecular formula is C68H62N6Si. The van der Waals surface area contributed by atoms with E-state index >= 15 is 0 Å². The fourth-order valence-electron chi connectivity index (χ4n) is 11.0. The van der Waals surface area contributed by atoms with E-state index in [1.165, 1.54) is 43.8 Å². The first-order valence-electron chi connectivity index (χ1n) is 25.8. The summed E-state index contributed by atoms with van der Waals surface area (Å²) >= 11 is 0. The van der Waals surface area contributed by atoms with Gasteiger partial charge in [-0.05, 0) is 161 Å². The van der Waals surface area contributed by atoms with Crippen molar-refractivity contribution in [3.63, 3.8) is 0 Å². The highest BCUT2D eigenvalue weighted by Gasteiger charge is 2.48. The molecule has 0 spiro atoms. The predicted molar refractivity (Wildman–Crippen MR) is 312 cm³/mol. The maximum atomic E-state index is 10.1.